The van der Waals surface area contributed by atoms with Gasteiger partial charge in [0.05, 0.1) is 25.1 Å². The fraction of sp³-hybridized carbons (Fsp3) is 0.467. The molecule has 2 aromatic rings. The lowest BCUT2D eigenvalue weighted by molar-refractivity contribution is 0.558. The standard InChI is InChI=1S/C15H20O2/c1-12-8-16-10-14(12)6-4-3-5-7-15-11-17-9-13(15)2/h8-11H,3-7H2,1-2H3. The molecule has 0 saturated carbocycles. The third-order valence-corrected chi connectivity index (χ3v) is 3.32. The van der Waals surface area contributed by atoms with E-state index in [1.807, 2.05) is 25.1 Å². The molecule has 0 fully saturated rings. The van der Waals surface area contributed by atoms with Gasteiger partial charge in [-0.1, -0.05) is 6.42 Å². The van der Waals surface area contributed by atoms with Crippen molar-refractivity contribution in [2.75, 3.05) is 0 Å². The number of furan rings is 2. The van der Waals surface area contributed by atoms with Crippen molar-refractivity contribution in [2.24, 2.45) is 0 Å². The molecule has 0 saturated heterocycles. The second kappa shape index (κ2) is 5.76. The molecule has 2 aromatic heterocycles. The molecule has 0 spiro atoms. The fourth-order valence-electron chi connectivity index (χ4n) is 2.09. The Balaban J connectivity index is 1.64. The Labute approximate surface area is 103 Å². The lowest BCUT2D eigenvalue weighted by Gasteiger charge is -2.00. The molecule has 2 heteroatoms. The molecule has 0 atom stereocenters. The van der Waals surface area contributed by atoms with Gasteiger partial charge < -0.3 is 8.83 Å². The molecule has 92 valence electrons. The molecule has 0 radical (unpaired) electrons. The summed E-state index contributed by atoms with van der Waals surface area (Å²) >= 11 is 0. The van der Waals surface area contributed by atoms with Crippen LogP contribution in [0.4, 0.5) is 0 Å². The predicted octanol–water partition coefficient (Wildman–Crippen LogP) is 4.44. The third kappa shape index (κ3) is 3.26. The van der Waals surface area contributed by atoms with E-state index in [1.165, 1.54) is 41.5 Å². The van der Waals surface area contributed by atoms with Crippen LogP contribution in [0, 0.1) is 13.8 Å². The highest BCUT2D eigenvalue weighted by atomic mass is 16.3. The molecule has 0 aromatic carbocycles. The first-order valence-electron chi connectivity index (χ1n) is 6.30. The first kappa shape index (κ1) is 12.0. The van der Waals surface area contributed by atoms with Crippen LogP contribution in [0.3, 0.4) is 0 Å². The van der Waals surface area contributed by atoms with Crippen LogP contribution in [0.25, 0.3) is 0 Å². The number of rotatable bonds is 6. The quantitative estimate of drug-likeness (QED) is 0.688. The van der Waals surface area contributed by atoms with Gasteiger partial charge in [-0.2, -0.15) is 0 Å². The minimum atomic E-state index is 1.13. The molecule has 0 N–H and O–H groups in total. The Morgan fingerprint density at radius 1 is 0.706 bits per heavy atom. The zero-order chi connectivity index (χ0) is 12.1. The first-order chi connectivity index (χ1) is 8.27. The van der Waals surface area contributed by atoms with Gasteiger partial charge in [-0.15, -0.1) is 0 Å². The van der Waals surface area contributed by atoms with E-state index in [0.717, 1.165) is 12.8 Å². The average Bonchev–Trinajstić information content (AvgIpc) is 2.89. The summed E-state index contributed by atoms with van der Waals surface area (Å²) in [6.45, 7) is 4.21. The van der Waals surface area contributed by atoms with Crippen molar-refractivity contribution in [3.05, 3.63) is 47.3 Å². The molecule has 0 unspecified atom stereocenters. The molecule has 2 heterocycles. The van der Waals surface area contributed by atoms with E-state index in [1.54, 1.807) is 0 Å². The molecule has 0 aliphatic carbocycles. The van der Waals surface area contributed by atoms with Crippen LogP contribution in [0.1, 0.15) is 41.5 Å². The topological polar surface area (TPSA) is 26.3 Å². The van der Waals surface area contributed by atoms with Gasteiger partial charge in [0.25, 0.3) is 0 Å². The van der Waals surface area contributed by atoms with Crippen molar-refractivity contribution in [3.8, 4) is 0 Å². The van der Waals surface area contributed by atoms with Gasteiger partial charge in [0.2, 0.25) is 0 Å². The summed E-state index contributed by atoms with van der Waals surface area (Å²) in [6.07, 6.45) is 13.4. The molecule has 0 aliphatic heterocycles. The summed E-state index contributed by atoms with van der Waals surface area (Å²) < 4.78 is 10.3. The van der Waals surface area contributed by atoms with Gasteiger partial charge in [-0.25, -0.2) is 0 Å². The Morgan fingerprint density at radius 3 is 1.53 bits per heavy atom. The van der Waals surface area contributed by atoms with E-state index in [9.17, 15) is 0 Å². The summed E-state index contributed by atoms with van der Waals surface area (Å²) in [7, 11) is 0. The van der Waals surface area contributed by atoms with Gasteiger partial charge in [0.15, 0.2) is 0 Å². The van der Waals surface area contributed by atoms with Gasteiger partial charge in [0, 0.05) is 0 Å². The van der Waals surface area contributed by atoms with Gasteiger partial charge >= 0.3 is 0 Å². The number of hydrogen-bond donors (Lipinski definition) is 0. The predicted molar refractivity (Wildman–Crippen MR) is 68.1 cm³/mol. The largest absolute Gasteiger partial charge is 0.472 e. The van der Waals surface area contributed by atoms with Crippen LogP contribution in [0.2, 0.25) is 0 Å². The lowest BCUT2D eigenvalue weighted by atomic mass is 10.0. The van der Waals surface area contributed by atoms with E-state index in [0.29, 0.717) is 0 Å². The monoisotopic (exact) mass is 232 g/mol. The normalized spacial score (nSPS) is 10.9. The van der Waals surface area contributed by atoms with E-state index < -0.39 is 0 Å². The first-order valence-corrected chi connectivity index (χ1v) is 6.30. The molecule has 0 aliphatic rings. The SMILES string of the molecule is Cc1cocc1CCCCCc1cocc1C. The van der Waals surface area contributed by atoms with Crippen LogP contribution >= 0.6 is 0 Å². The molecule has 17 heavy (non-hydrogen) atoms. The maximum atomic E-state index is 5.16. The van der Waals surface area contributed by atoms with Gasteiger partial charge in [-0.05, 0) is 61.8 Å². The molecular weight excluding hydrogens is 212 g/mol. The zero-order valence-corrected chi connectivity index (χ0v) is 10.7. The Kier molecular flexibility index (Phi) is 4.08. The van der Waals surface area contributed by atoms with Gasteiger partial charge in [0.1, 0.15) is 0 Å². The second-order valence-corrected chi connectivity index (χ2v) is 4.72. The van der Waals surface area contributed by atoms with Crippen LogP contribution in [0.15, 0.2) is 33.9 Å². The Bertz CT molecular complexity index is 409. The van der Waals surface area contributed by atoms with Crippen molar-refractivity contribution in [3.63, 3.8) is 0 Å². The minimum Gasteiger partial charge on any atom is -0.472 e. The number of aryl methyl sites for hydroxylation is 4. The fourth-order valence-corrected chi connectivity index (χ4v) is 2.09. The summed E-state index contributed by atoms with van der Waals surface area (Å²) in [5.41, 5.74) is 5.25. The lowest BCUT2D eigenvalue weighted by Crippen LogP contribution is -1.89. The van der Waals surface area contributed by atoms with Crippen molar-refractivity contribution < 1.29 is 8.83 Å². The number of unbranched alkanes of at least 4 members (excludes halogenated alkanes) is 2. The van der Waals surface area contributed by atoms with Crippen molar-refractivity contribution in [2.45, 2.75) is 46.0 Å². The summed E-state index contributed by atoms with van der Waals surface area (Å²) in [6, 6.07) is 0. The number of hydrogen-bond acceptors (Lipinski definition) is 2. The molecule has 2 rings (SSSR count). The van der Waals surface area contributed by atoms with Crippen LogP contribution < -0.4 is 0 Å². The van der Waals surface area contributed by atoms with Crippen molar-refractivity contribution in [1.82, 2.24) is 0 Å². The van der Waals surface area contributed by atoms with E-state index in [4.69, 9.17) is 8.83 Å². The average molecular weight is 232 g/mol. The highest BCUT2D eigenvalue weighted by Gasteiger charge is 2.02. The molecule has 2 nitrogen and oxygen atoms in total. The van der Waals surface area contributed by atoms with E-state index in [-0.39, 0.29) is 0 Å². The highest BCUT2D eigenvalue weighted by molar-refractivity contribution is 5.19. The van der Waals surface area contributed by atoms with E-state index >= 15 is 0 Å². The van der Waals surface area contributed by atoms with Crippen molar-refractivity contribution >= 4 is 0 Å². The molecule has 0 bridgehead atoms. The smallest absolute Gasteiger partial charge is 0.0937 e. The van der Waals surface area contributed by atoms with Crippen LogP contribution in [-0.2, 0) is 12.8 Å². The maximum Gasteiger partial charge on any atom is 0.0937 e. The minimum absolute atomic E-state index is 1.13. The summed E-state index contributed by atoms with van der Waals surface area (Å²) in [4.78, 5) is 0. The van der Waals surface area contributed by atoms with Crippen molar-refractivity contribution in [1.29, 1.82) is 0 Å². The Morgan fingerprint density at radius 2 is 1.18 bits per heavy atom. The second-order valence-electron chi connectivity index (χ2n) is 4.72. The van der Waals surface area contributed by atoms with E-state index in [2.05, 4.69) is 13.8 Å². The highest BCUT2D eigenvalue weighted by Crippen LogP contribution is 2.15. The summed E-state index contributed by atoms with van der Waals surface area (Å²) in [5, 5.41) is 0. The summed E-state index contributed by atoms with van der Waals surface area (Å²) in [5.74, 6) is 0. The molecular formula is C15H20O2. The third-order valence-electron chi connectivity index (χ3n) is 3.32. The molecule has 0 amide bonds. The van der Waals surface area contributed by atoms with Crippen LogP contribution in [0.5, 0.6) is 0 Å². The maximum absolute atomic E-state index is 5.16. The Hall–Kier alpha value is -1.44. The van der Waals surface area contributed by atoms with Crippen LogP contribution in [-0.4, -0.2) is 0 Å². The zero-order valence-electron chi connectivity index (χ0n) is 10.7. The van der Waals surface area contributed by atoms with Gasteiger partial charge in [-0.3, -0.25) is 0 Å².